The minimum absolute atomic E-state index is 0.0863. The van der Waals surface area contributed by atoms with Crippen molar-refractivity contribution >= 4 is 8.32 Å². The second-order valence-corrected chi connectivity index (χ2v) is 14.9. The molecule has 0 amide bonds. The molecule has 0 aromatic heterocycles. The van der Waals surface area contributed by atoms with Crippen LogP contribution in [0, 0.1) is 12.3 Å². The summed E-state index contributed by atoms with van der Waals surface area (Å²) in [5.74, 6) is 4.34. The van der Waals surface area contributed by atoms with Gasteiger partial charge in [-0.2, -0.15) is 0 Å². The molecule has 0 saturated carbocycles. The molecule has 0 spiro atoms. The lowest BCUT2D eigenvalue weighted by atomic mass is 9.98. The molecule has 4 heteroatoms. The minimum Gasteiger partial charge on any atom is -0.496 e. The summed E-state index contributed by atoms with van der Waals surface area (Å²) in [7, 11) is 1.38. The van der Waals surface area contributed by atoms with E-state index in [4.69, 9.17) is 20.3 Å². The highest BCUT2D eigenvalue weighted by molar-refractivity contribution is 6.74. The van der Waals surface area contributed by atoms with Crippen LogP contribution in [0.15, 0.2) is 48.1 Å². The zero-order valence-corrected chi connectivity index (χ0v) is 23.3. The van der Waals surface area contributed by atoms with Gasteiger partial charge in [0.2, 0.25) is 0 Å². The van der Waals surface area contributed by atoms with Gasteiger partial charge in [0.25, 0.3) is 0 Å². The lowest BCUT2D eigenvalue weighted by Crippen LogP contribution is -2.41. The Labute approximate surface area is 204 Å². The van der Waals surface area contributed by atoms with Crippen molar-refractivity contribution in [3.05, 3.63) is 59.2 Å². The monoisotopic (exact) mass is 468 g/mol. The van der Waals surface area contributed by atoms with E-state index >= 15 is 0 Å². The van der Waals surface area contributed by atoms with Crippen molar-refractivity contribution in [3.63, 3.8) is 0 Å². The summed E-state index contributed by atoms with van der Waals surface area (Å²) in [4.78, 5) is 0. The van der Waals surface area contributed by atoms with E-state index in [-0.39, 0.29) is 11.1 Å². The predicted octanol–water partition coefficient (Wildman–Crippen LogP) is 8.19. The van der Waals surface area contributed by atoms with E-state index in [1.54, 1.807) is 14.2 Å². The Balaban J connectivity index is 3.54. The molecular formula is C29H44O3Si. The number of hydrogen-bond donors (Lipinski definition) is 0. The van der Waals surface area contributed by atoms with Gasteiger partial charge in [0.15, 0.2) is 8.32 Å². The van der Waals surface area contributed by atoms with Gasteiger partial charge >= 0.3 is 0 Å². The Morgan fingerprint density at radius 1 is 1.12 bits per heavy atom. The molecule has 1 aromatic rings. The average molecular weight is 469 g/mol. The van der Waals surface area contributed by atoms with Gasteiger partial charge < -0.3 is 13.9 Å². The van der Waals surface area contributed by atoms with Crippen molar-refractivity contribution in [1.82, 2.24) is 0 Å². The molecule has 0 N–H and O–H groups in total. The van der Waals surface area contributed by atoms with Gasteiger partial charge in [-0.05, 0) is 63.4 Å². The second kappa shape index (κ2) is 12.9. The third kappa shape index (κ3) is 8.57. The third-order valence-corrected chi connectivity index (χ3v) is 10.8. The van der Waals surface area contributed by atoms with Crippen molar-refractivity contribution < 1.29 is 13.9 Å². The molecule has 0 saturated heterocycles. The normalized spacial score (nSPS) is 13.9. The van der Waals surface area contributed by atoms with Crippen LogP contribution in [0.3, 0.4) is 0 Å². The molecule has 0 aliphatic carbocycles. The smallest absolute Gasteiger partial charge is 0.193 e. The number of hydrogen-bond acceptors (Lipinski definition) is 3. The molecule has 3 nitrogen and oxygen atoms in total. The summed E-state index contributed by atoms with van der Waals surface area (Å²) in [5, 5.41) is 0.0863. The minimum atomic E-state index is -2.05. The first-order valence-corrected chi connectivity index (χ1v) is 14.6. The van der Waals surface area contributed by atoms with Crippen LogP contribution in [-0.4, -0.2) is 22.5 Å². The molecule has 0 heterocycles. The molecule has 0 unspecified atom stereocenters. The van der Waals surface area contributed by atoms with Gasteiger partial charge in [-0.3, -0.25) is 0 Å². The highest BCUT2D eigenvalue weighted by atomic mass is 28.4. The summed E-state index contributed by atoms with van der Waals surface area (Å²) in [6, 6.07) is 4.17. The maximum absolute atomic E-state index is 6.90. The fourth-order valence-electron chi connectivity index (χ4n) is 3.36. The Morgan fingerprint density at radius 3 is 2.27 bits per heavy atom. The molecule has 0 bridgehead atoms. The first-order chi connectivity index (χ1) is 15.4. The van der Waals surface area contributed by atoms with Crippen molar-refractivity contribution in [2.24, 2.45) is 0 Å². The number of ether oxygens (including phenoxy) is 2. The fourth-order valence-corrected chi connectivity index (χ4v) is 4.54. The van der Waals surface area contributed by atoms with Crippen LogP contribution >= 0.6 is 0 Å². The Bertz CT molecular complexity index is 895. The van der Waals surface area contributed by atoms with Crippen molar-refractivity contribution in [3.8, 4) is 23.8 Å². The highest BCUT2D eigenvalue weighted by Crippen LogP contribution is 2.43. The third-order valence-electron chi connectivity index (χ3n) is 6.32. The number of unbranched alkanes of at least 4 members (excludes halogenated alkanes) is 1. The maximum Gasteiger partial charge on any atom is 0.193 e. The van der Waals surface area contributed by atoms with Crippen molar-refractivity contribution in [1.29, 1.82) is 0 Å². The van der Waals surface area contributed by atoms with Crippen LogP contribution in [0.2, 0.25) is 18.1 Å². The molecule has 0 radical (unpaired) electrons. The Morgan fingerprint density at radius 2 is 1.76 bits per heavy atom. The molecule has 0 aliphatic rings. The van der Waals surface area contributed by atoms with Crippen molar-refractivity contribution in [2.75, 3.05) is 14.2 Å². The molecular weight excluding hydrogens is 424 g/mol. The topological polar surface area (TPSA) is 27.7 Å². The number of rotatable bonds is 12. The summed E-state index contributed by atoms with van der Waals surface area (Å²) in [6.45, 7) is 19.5. The van der Waals surface area contributed by atoms with Gasteiger partial charge in [-0.1, -0.05) is 50.1 Å². The van der Waals surface area contributed by atoms with E-state index < -0.39 is 8.32 Å². The zero-order valence-electron chi connectivity index (χ0n) is 22.3. The SMILES string of the molecule is C#CCC/C=C(/C)Cc1cc(OC)c([C@H](/C=C(\C)CC=C)O[Si](C)(C)C(C)(C)C)cc1OC. The maximum atomic E-state index is 6.90. The van der Waals surface area contributed by atoms with E-state index in [0.717, 1.165) is 48.3 Å². The van der Waals surface area contributed by atoms with Gasteiger partial charge in [0, 0.05) is 17.5 Å². The van der Waals surface area contributed by atoms with Gasteiger partial charge in [0.1, 0.15) is 11.5 Å². The van der Waals surface area contributed by atoms with Crippen LogP contribution in [0.25, 0.3) is 0 Å². The van der Waals surface area contributed by atoms with Crippen LogP contribution < -0.4 is 9.47 Å². The van der Waals surface area contributed by atoms with Crippen LogP contribution in [-0.2, 0) is 10.8 Å². The summed E-state index contributed by atoms with van der Waals surface area (Å²) in [5.41, 5.74) is 4.55. The van der Waals surface area contributed by atoms with E-state index in [1.165, 1.54) is 11.1 Å². The molecule has 1 atom stereocenters. The van der Waals surface area contributed by atoms with Gasteiger partial charge in [-0.15, -0.1) is 18.9 Å². The van der Waals surface area contributed by atoms with E-state index in [2.05, 4.69) is 84.5 Å². The van der Waals surface area contributed by atoms with Crippen LogP contribution in [0.5, 0.6) is 11.5 Å². The highest BCUT2D eigenvalue weighted by Gasteiger charge is 2.39. The van der Waals surface area contributed by atoms with E-state index in [9.17, 15) is 0 Å². The first kappa shape index (κ1) is 28.8. The van der Waals surface area contributed by atoms with Crippen LogP contribution in [0.4, 0.5) is 0 Å². The number of terminal acetylenes is 1. The lowest BCUT2D eigenvalue weighted by Gasteiger charge is -2.39. The Kier molecular flexibility index (Phi) is 11.2. The van der Waals surface area contributed by atoms with Crippen molar-refractivity contribution in [2.45, 2.75) is 84.5 Å². The van der Waals surface area contributed by atoms with Crippen LogP contribution in [0.1, 0.15) is 71.1 Å². The Hall–Kier alpha value is -2.22. The van der Waals surface area contributed by atoms with Gasteiger partial charge in [-0.25, -0.2) is 0 Å². The van der Waals surface area contributed by atoms with Gasteiger partial charge in [0.05, 0.1) is 20.3 Å². The van der Waals surface area contributed by atoms with E-state index in [0.29, 0.717) is 0 Å². The number of allylic oxidation sites excluding steroid dienone is 4. The summed E-state index contributed by atoms with van der Waals surface area (Å²) >= 11 is 0. The number of methoxy groups -OCH3 is 2. The molecule has 0 fully saturated rings. The predicted molar refractivity (Wildman–Crippen MR) is 145 cm³/mol. The quantitative estimate of drug-likeness (QED) is 0.134. The molecule has 0 aliphatic heterocycles. The average Bonchev–Trinajstić information content (AvgIpc) is 2.72. The van der Waals surface area contributed by atoms with E-state index in [1.807, 2.05) is 6.08 Å². The first-order valence-electron chi connectivity index (χ1n) is 11.7. The standard InChI is InChI=1S/C29H44O3Si/c1-12-14-15-17-23(4)18-24-20-27(31-9)25(21-26(24)30-8)28(19-22(3)16-13-2)32-33(10,11)29(5,6)7/h1,13,17,19-21,28H,2,14-16,18H2,3-11H3/b22-19+,23-17-/t28-/m0/s1. The molecule has 182 valence electrons. The molecule has 1 rings (SSSR count). The number of benzene rings is 1. The molecule has 1 aromatic carbocycles. The fraction of sp³-hybridized carbons (Fsp3) is 0.517. The second-order valence-electron chi connectivity index (χ2n) is 10.2. The largest absolute Gasteiger partial charge is 0.496 e. The zero-order chi connectivity index (χ0) is 25.2. The lowest BCUT2D eigenvalue weighted by molar-refractivity contribution is 0.222. The summed E-state index contributed by atoms with van der Waals surface area (Å²) < 4.78 is 18.6. The molecule has 33 heavy (non-hydrogen) atoms. The summed E-state index contributed by atoms with van der Waals surface area (Å²) in [6.07, 6.45) is 14.7.